The molecule has 3 aliphatic rings. The predicted octanol–water partition coefficient (Wildman–Crippen LogP) is 5.33. The highest BCUT2D eigenvalue weighted by Gasteiger charge is 2.39. The van der Waals surface area contributed by atoms with E-state index < -0.39 is 24.1 Å². The van der Waals surface area contributed by atoms with Gasteiger partial charge in [0, 0.05) is 41.7 Å². The highest BCUT2D eigenvalue weighted by molar-refractivity contribution is 6.30. The Kier molecular flexibility index (Phi) is 7.47. The lowest BCUT2D eigenvalue weighted by molar-refractivity contribution is -0.146. The summed E-state index contributed by atoms with van der Waals surface area (Å²) in [4.78, 5) is 15.3. The van der Waals surface area contributed by atoms with E-state index in [1.807, 2.05) is 0 Å². The number of aliphatic carboxylic acids is 1. The fourth-order valence-corrected chi connectivity index (χ4v) is 5.99. The largest absolute Gasteiger partial charge is 0.493 e. The van der Waals surface area contributed by atoms with Crippen LogP contribution in [-0.2, 0) is 11.3 Å². The highest BCUT2D eigenvalue weighted by Crippen LogP contribution is 2.46. The molecule has 2 aromatic carbocycles. The molecular formula is C28H33ClF2N2O4. The van der Waals surface area contributed by atoms with Crippen molar-refractivity contribution in [2.45, 2.75) is 63.8 Å². The normalized spacial score (nSPS) is 25.5. The second-order valence-electron chi connectivity index (χ2n) is 11.1. The number of carboxylic acids is 1. The number of benzene rings is 2. The zero-order valence-electron chi connectivity index (χ0n) is 20.9. The number of likely N-dealkylation sites (tertiary alicyclic amines) is 2. The summed E-state index contributed by atoms with van der Waals surface area (Å²) in [5, 5.41) is 20.8. The summed E-state index contributed by atoms with van der Waals surface area (Å²) in [6.07, 6.45) is 2.60. The van der Waals surface area contributed by atoms with Crippen LogP contribution in [0.3, 0.4) is 0 Å². The fraction of sp³-hybridized carbons (Fsp3) is 0.536. The molecule has 200 valence electrons. The van der Waals surface area contributed by atoms with Crippen LogP contribution in [0.2, 0.25) is 5.02 Å². The molecule has 3 atom stereocenters. The summed E-state index contributed by atoms with van der Waals surface area (Å²) in [6.45, 7) is 5.13. The Bertz CT molecular complexity index is 1160. The number of halogens is 3. The van der Waals surface area contributed by atoms with E-state index in [1.165, 1.54) is 23.1 Å². The van der Waals surface area contributed by atoms with E-state index in [9.17, 15) is 19.4 Å². The summed E-state index contributed by atoms with van der Waals surface area (Å²) < 4.78 is 35.2. The Hall–Kier alpha value is -2.26. The van der Waals surface area contributed by atoms with Gasteiger partial charge in [-0.2, -0.15) is 0 Å². The van der Waals surface area contributed by atoms with E-state index in [0.29, 0.717) is 43.3 Å². The molecule has 6 nitrogen and oxygen atoms in total. The first-order chi connectivity index (χ1) is 17.6. The Balaban J connectivity index is 1.27. The van der Waals surface area contributed by atoms with Gasteiger partial charge in [-0.3, -0.25) is 14.6 Å². The van der Waals surface area contributed by atoms with Crippen LogP contribution in [0, 0.1) is 17.0 Å². The lowest BCUT2D eigenvalue weighted by atomic mass is 9.91. The molecule has 2 aromatic rings. The lowest BCUT2D eigenvalue weighted by Crippen LogP contribution is -2.39. The minimum Gasteiger partial charge on any atom is -0.493 e. The van der Waals surface area contributed by atoms with Crippen molar-refractivity contribution in [1.29, 1.82) is 0 Å². The zero-order chi connectivity index (χ0) is 26.3. The number of hydrogen-bond donors (Lipinski definition) is 2. The maximum atomic E-state index is 15.2. The molecule has 0 bridgehead atoms. The second-order valence-corrected chi connectivity index (χ2v) is 11.6. The van der Waals surface area contributed by atoms with Crippen molar-refractivity contribution >= 4 is 17.6 Å². The van der Waals surface area contributed by atoms with Gasteiger partial charge in [-0.1, -0.05) is 18.5 Å². The van der Waals surface area contributed by atoms with Crippen LogP contribution in [0.15, 0.2) is 30.3 Å². The molecule has 3 fully saturated rings. The van der Waals surface area contributed by atoms with E-state index in [0.717, 1.165) is 43.5 Å². The molecule has 1 unspecified atom stereocenters. The summed E-state index contributed by atoms with van der Waals surface area (Å²) in [5.74, 6) is -1.20. The van der Waals surface area contributed by atoms with Crippen molar-refractivity contribution in [3.63, 3.8) is 0 Å². The van der Waals surface area contributed by atoms with Gasteiger partial charge in [0.25, 0.3) is 0 Å². The minimum absolute atomic E-state index is 0.106. The van der Waals surface area contributed by atoms with Crippen LogP contribution in [0.4, 0.5) is 8.78 Å². The van der Waals surface area contributed by atoms with Gasteiger partial charge in [-0.15, -0.1) is 0 Å². The van der Waals surface area contributed by atoms with Crippen LogP contribution in [0.5, 0.6) is 5.75 Å². The maximum Gasteiger partial charge on any atom is 0.321 e. The molecular weight excluding hydrogens is 502 g/mol. The van der Waals surface area contributed by atoms with Crippen LogP contribution < -0.4 is 4.74 Å². The van der Waals surface area contributed by atoms with Gasteiger partial charge < -0.3 is 14.9 Å². The van der Waals surface area contributed by atoms with Gasteiger partial charge in [0.2, 0.25) is 0 Å². The van der Waals surface area contributed by atoms with Crippen molar-refractivity contribution in [3.8, 4) is 5.75 Å². The number of carboxylic acid groups (broad SMARTS) is 1. The first-order valence-corrected chi connectivity index (χ1v) is 13.3. The molecule has 1 saturated carbocycles. The van der Waals surface area contributed by atoms with Gasteiger partial charge in [-0.25, -0.2) is 8.78 Å². The van der Waals surface area contributed by atoms with Crippen LogP contribution in [-0.4, -0.2) is 58.3 Å². The summed E-state index contributed by atoms with van der Waals surface area (Å²) >= 11 is 6.00. The molecule has 0 amide bonds. The molecule has 0 aromatic heterocycles. The molecule has 9 heteroatoms. The molecule has 2 aliphatic heterocycles. The minimum atomic E-state index is -1.31. The summed E-state index contributed by atoms with van der Waals surface area (Å²) in [5.41, 5.74) is 1.64. The van der Waals surface area contributed by atoms with Crippen molar-refractivity contribution in [2.24, 2.45) is 5.41 Å². The quantitative estimate of drug-likeness (QED) is 0.453. The van der Waals surface area contributed by atoms with Crippen molar-refractivity contribution in [3.05, 3.63) is 63.7 Å². The lowest BCUT2D eigenvalue weighted by Gasteiger charge is -2.29. The van der Waals surface area contributed by atoms with E-state index in [-0.39, 0.29) is 22.7 Å². The van der Waals surface area contributed by atoms with Crippen molar-refractivity contribution in [2.75, 3.05) is 26.2 Å². The molecule has 0 radical (unpaired) electrons. The predicted molar refractivity (Wildman–Crippen MR) is 136 cm³/mol. The smallest absolute Gasteiger partial charge is 0.321 e. The van der Waals surface area contributed by atoms with Gasteiger partial charge in [0.15, 0.2) is 0 Å². The summed E-state index contributed by atoms with van der Waals surface area (Å²) in [7, 11) is 0. The first kappa shape index (κ1) is 26.4. The number of nitrogens with zero attached hydrogens (tertiary/aromatic N) is 2. The third-order valence-electron chi connectivity index (χ3n) is 7.86. The molecule has 0 spiro atoms. The topological polar surface area (TPSA) is 73.2 Å². The molecule has 37 heavy (non-hydrogen) atoms. The van der Waals surface area contributed by atoms with Crippen molar-refractivity contribution in [1.82, 2.24) is 9.80 Å². The number of aliphatic hydroxyl groups excluding tert-OH is 1. The number of rotatable bonds is 9. The van der Waals surface area contributed by atoms with E-state index in [2.05, 4.69) is 11.8 Å². The Morgan fingerprint density at radius 3 is 2.68 bits per heavy atom. The standard InChI is InChI=1S/C28H33ClF2N2O4/c1-28(6-8-32(15-28)14-17-9-19(29)11-20(30)10-17)16-37-25-13-23(31)22(12-21(25)18-4-5-18)26(34)33-7-2-3-24(33)27(35)36/h9-13,18,24,26,34H,2-8,14-16H2,1H3,(H,35,36)/t24-,26?,28-/m0/s1. The summed E-state index contributed by atoms with van der Waals surface area (Å²) in [6, 6.07) is 6.77. The highest BCUT2D eigenvalue weighted by atomic mass is 35.5. The van der Waals surface area contributed by atoms with Crippen LogP contribution in [0.25, 0.3) is 0 Å². The van der Waals surface area contributed by atoms with Gasteiger partial charge in [-0.05, 0) is 80.0 Å². The maximum absolute atomic E-state index is 15.2. The Labute approximate surface area is 220 Å². The SMILES string of the molecule is C[C@]1(COc2cc(F)c(C(O)N3CCC[C@H]3C(=O)O)cc2C2CC2)CCN(Cc2cc(F)cc(Cl)c2)C1. The number of aliphatic hydroxyl groups is 1. The zero-order valence-corrected chi connectivity index (χ0v) is 21.7. The third-order valence-corrected chi connectivity index (χ3v) is 8.08. The molecule has 2 saturated heterocycles. The first-order valence-electron chi connectivity index (χ1n) is 12.9. The Morgan fingerprint density at radius 2 is 1.97 bits per heavy atom. The van der Waals surface area contributed by atoms with Gasteiger partial charge in [0.1, 0.15) is 29.7 Å². The van der Waals surface area contributed by atoms with Crippen LogP contribution >= 0.6 is 11.6 Å². The van der Waals surface area contributed by atoms with Crippen LogP contribution in [0.1, 0.15) is 67.9 Å². The van der Waals surface area contributed by atoms with Gasteiger partial charge >= 0.3 is 5.97 Å². The Morgan fingerprint density at radius 1 is 1.19 bits per heavy atom. The average Bonchev–Trinajstić information content (AvgIpc) is 3.42. The molecule has 2 heterocycles. The number of hydrogen-bond acceptors (Lipinski definition) is 5. The molecule has 1 aliphatic carbocycles. The second kappa shape index (κ2) is 10.5. The number of carbonyl (C=O) groups is 1. The van der Waals surface area contributed by atoms with E-state index in [1.54, 1.807) is 12.1 Å². The average molecular weight is 535 g/mol. The molecule has 2 N–H and O–H groups in total. The third kappa shape index (κ3) is 5.93. The van der Waals surface area contributed by atoms with E-state index in [4.69, 9.17) is 16.3 Å². The van der Waals surface area contributed by atoms with E-state index >= 15 is 4.39 Å². The van der Waals surface area contributed by atoms with Gasteiger partial charge in [0.05, 0.1) is 6.61 Å². The fourth-order valence-electron chi connectivity index (χ4n) is 5.74. The number of ether oxygens (including phenoxy) is 1. The molecule has 5 rings (SSSR count). The monoisotopic (exact) mass is 534 g/mol. The van der Waals surface area contributed by atoms with Crippen molar-refractivity contribution < 1.29 is 28.5 Å².